The Balaban J connectivity index is 1.40. The smallest absolute Gasteiger partial charge is 0.242 e. The lowest BCUT2D eigenvalue weighted by Gasteiger charge is -2.26. The number of hydrogen-bond acceptors (Lipinski definition) is 4. The second-order valence-corrected chi connectivity index (χ2v) is 8.94. The maximum absolute atomic E-state index is 13.2. The van der Waals surface area contributed by atoms with Crippen LogP contribution in [0.5, 0.6) is 0 Å². The summed E-state index contributed by atoms with van der Waals surface area (Å²) in [5.74, 6) is 0.286. The van der Waals surface area contributed by atoms with Gasteiger partial charge in [-0.25, -0.2) is 0 Å². The van der Waals surface area contributed by atoms with Crippen LogP contribution in [-0.2, 0) is 16.0 Å². The third kappa shape index (κ3) is 5.87. The summed E-state index contributed by atoms with van der Waals surface area (Å²) in [5, 5.41) is 7.55. The molecule has 0 bridgehead atoms. The van der Waals surface area contributed by atoms with Gasteiger partial charge < -0.3 is 25.3 Å². The van der Waals surface area contributed by atoms with Gasteiger partial charge in [0.05, 0.1) is 6.67 Å². The molecule has 4 rings (SSSR count). The first-order valence-electron chi connectivity index (χ1n) is 12.2. The first-order valence-corrected chi connectivity index (χ1v) is 12.2. The summed E-state index contributed by atoms with van der Waals surface area (Å²) in [7, 11) is 0. The van der Waals surface area contributed by atoms with E-state index in [2.05, 4.69) is 50.8 Å². The highest BCUT2D eigenvalue weighted by Gasteiger charge is 2.24. The molecule has 1 atom stereocenters. The number of amides is 1. The van der Waals surface area contributed by atoms with Crippen LogP contribution in [0.4, 0.5) is 0 Å². The molecule has 0 radical (unpaired) electrons. The van der Waals surface area contributed by atoms with E-state index in [0.29, 0.717) is 19.6 Å². The summed E-state index contributed by atoms with van der Waals surface area (Å²) in [6.07, 6.45) is 8.76. The van der Waals surface area contributed by atoms with Crippen LogP contribution in [0.15, 0.2) is 67.0 Å². The molecule has 2 aromatic carbocycles. The molecule has 6 heteroatoms. The number of benzene rings is 2. The number of fused-ring (bicyclic) bond motifs is 1. The lowest BCUT2D eigenvalue weighted by Crippen LogP contribution is -2.45. The maximum Gasteiger partial charge on any atom is 0.242 e. The highest BCUT2D eigenvalue weighted by atomic mass is 16.2. The lowest BCUT2D eigenvalue weighted by atomic mass is 10.0. The van der Waals surface area contributed by atoms with Gasteiger partial charge in [-0.3, -0.25) is 4.79 Å². The van der Waals surface area contributed by atoms with Crippen LogP contribution in [0.2, 0.25) is 0 Å². The summed E-state index contributed by atoms with van der Waals surface area (Å²) in [6, 6.07) is 18.5. The van der Waals surface area contributed by atoms with Crippen molar-refractivity contribution in [1.82, 2.24) is 20.5 Å². The van der Waals surface area contributed by atoms with Gasteiger partial charge in [0.25, 0.3) is 0 Å². The number of rotatable bonds is 12. The molecule has 0 fully saturated rings. The molecule has 0 saturated heterocycles. The zero-order chi connectivity index (χ0) is 23.8. The first kappa shape index (κ1) is 23.6. The number of aromatic amines is 1. The van der Waals surface area contributed by atoms with Crippen molar-refractivity contribution in [2.45, 2.75) is 51.5 Å². The van der Waals surface area contributed by atoms with E-state index >= 15 is 0 Å². The minimum absolute atomic E-state index is 0.0565. The molecule has 2 heterocycles. The molecule has 1 amide bonds. The molecular weight excluding hydrogens is 424 g/mol. The van der Waals surface area contributed by atoms with E-state index in [4.69, 9.17) is 0 Å². The van der Waals surface area contributed by atoms with Gasteiger partial charge in [0.1, 0.15) is 11.8 Å². The van der Waals surface area contributed by atoms with Crippen molar-refractivity contribution in [3.05, 3.63) is 72.6 Å². The van der Waals surface area contributed by atoms with E-state index in [0.717, 1.165) is 48.9 Å². The van der Waals surface area contributed by atoms with Crippen molar-refractivity contribution in [2.24, 2.45) is 0 Å². The van der Waals surface area contributed by atoms with Crippen molar-refractivity contribution in [1.29, 1.82) is 0 Å². The normalized spacial score (nSPS) is 13.7. The van der Waals surface area contributed by atoms with Crippen LogP contribution in [-0.4, -0.2) is 40.8 Å². The van der Waals surface area contributed by atoms with Gasteiger partial charge in [0.15, 0.2) is 0 Å². The van der Waals surface area contributed by atoms with Gasteiger partial charge in [0.2, 0.25) is 5.91 Å². The summed E-state index contributed by atoms with van der Waals surface area (Å²) < 4.78 is 0. The summed E-state index contributed by atoms with van der Waals surface area (Å²) in [5.41, 5.74) is 4.60. The molecule has 1 aliphatic rings. The Kier molecular flexibility index (Phi) is 8.02. The Morgan fingerprint density at radius 2 is 1.82 bits per heavy atom. The van der Waals surface area contributed by atoms with E-state index in [-0.39, 0.29) is 17.7 Å². The average molecular weight is 459 g/mol. The molecular formula is C28H34N4O2. The predicted octanol–water partition coefficient (Wildman–Crippen LogP) is 4.74. The molecule has 34 heavy (non-hydrogen) atoms. The Bertz CT molecular complexity index is 1140. The summed E-state index contributed by atoms with van der Waals surface area (Å²) >= 11 is 0. The number of nitrogens with zero attached hydrogens (tertiary/aromatic N) is 1. The van der Waals surface area contributed by atoms with E-state index in [1.54, 1.807) is 6.92 Å². The van der Waals surface area contributed by atoms with Crippen molar-refractivity contribution in [2.75, 3.05) is 13.2 Å². The first-order chi connectivity index (χ1) is 16.6. The van der Waals surface area contributed by atoms with Crippen molar-refractivity contribution in [3.63, 3.8) is 0 Å². The van der Waals surface area contributed by atoms with E-state index in [1.807, 2.05) is 36.7 Å². The molecule has 0 aliphatic carbocycles. The Hall–Kier alpha value is -3.54. The number of carbonyl (C=O) groups excluding carboxylic acids is 2. The van der Waals surface area contributed by atoms with Crippen LogP contribution in [0.3, 0.4) is 0 Å². The zero-order valence-electron chi connectivity index (χ0n) is 19.8. The van der Waals surface area contributed by atoms with Crippen molar-refractivity contribution >= 4 is 22.6 Å². The quantitative estimate of drug-likeness (QED) is 0.343. The number of aromatic nitrogens is 1. The summed E-state index contributed by atoms with van der Waals surface area (Å²) in [4.78, 5) is 30.0. The minimum atomic E-state index is -0.208. The Morgan fingerprint density at radius 3 is 2.59 bits per heavy atom. The van der Waals surface area contributed by atoms with Gasteiger partial charge in [-0.2, -0.15) is 0 Å². The van der Waals surface area contributed by atoms with Gasteiger partial charge in [0, 0.05) is 42.0 Å². The van der Waals surface area contributed by atoms with Gasteiger partial charge >= 0.3 is 0 Å². The predicted molar refractivity (Wildman–Crippen MR) is 137 cm³/mol. The summed E-state index contributed by atoms with van der Waals surface area (Å²) in [6.45, 7) is 2.85. The second-order valence-electron chi connectivity index (χ2n) is 8.94. The van der Waals surface area contributed by atoms with E-state index in [9.17, 15) is 9.59 Å². The number of H-pyrrole nitrogens is 1. The van der Waals surface area contributed by atoms with Crippen molar-refractivity contribution in [3.8, 4) is 11.3 Å². The third-order valence-corrected chi connectivity index (χ3v) is 6.42. The van der Waals surface area contributed by atoms with Crippen molar-refractivity contribution < 1.29 is 9.59 Å². The number of nitrogens with one attached hydrogen (secondary N) is 3. The van der Waals surface area contributed by atoms with Crippen LogP contribution < -0.4 is 10.6 Å². The molecule has 0 unspecified atom stereocenters. The molecule has 3 N–H and O–H groups in total. The lowest BCUT2D eigenvalue weighted by molar-refractivity contribution is -0.125. The van der Waals surface area contributed by atoms with Crippen LogP contribution in [0, 0.1) is 0 Å². The third-order valence-electron chi connectivity index (χ3n) is 6.42. The highest BCUT2D eigenvalue weighted by Crippen LogP contribution is 2.30. The number of Topliss-reactive ketones (excluding diaryl/α,β-unsaturated/α-hetero) is 1. The Labute approximate surface area is 201 Å². The number of carbonyl (C=O) groups is 2. The number of ketones is 1. The largest absolute Gasteiger partial charge is 0.373 e. The van der Waals surface area contributed by atoms with Gasteiger partial charge in [-0.15, -0.1) is 0 Å². The molecule has 0 saturated carbocycles. The van der Waals surface area contributed by atoms with E-state index in [1.165, 1.54) is 10.9 Å². The fourth-order valence-electron chi connectivity index (χ4n) is 4.65. The maximum atomic E-state index is 13.2. The minimum Gasteiger partial charge on any atom is -0.373 e. The van der Waals surface area contributed by atoms with Crippen LogP contribution >= 0.6 is 0 Å². The Morgan fingerprint density at radius 1 is 1.03 bits per heavy atom. The van der Waals surface area contributed by atoms with E-state index < -0.39 is 0 Å². The standard InChI is InChI=1S/C28H34N4O2/c1-21(33)10-4-2-7-15-26(32-19-18-29-20-32)28(34)30-17-16-24-23-13-8-9-14-25(23)31-27(24)22-11-5-3-6-12-22/h3,5-6,8-9,11-14,18-19,26,29,31H,2,4,7,10,15-17,20H2,1H3,(H,30,34)/t26-/m0/s1. The monoisotopic (exact) mass is 458 g/mol. The fraction of sp³-hybridized carbons (Fsp3) is 0.357. The molecule has 3 aromatic rings. The number of hydrogen-bond donors (Lipinski definition) is 3. The van der Waals surface area contributed by atoms with Crippen LogP contribution in [0.1, 0.15) is 44.6 Å². The average Bonchev–Trinajstić information content (AvgIpc) is 3.50. The molecule has 1 aliphatic heterocycles. The molecule has 6 nitrogen and oxygen atoms in total. The number of unbranched alkanes of at least 4 members (excludes halogenated alkanes) is 2. The molecule has 178 valence electrons. The SMILES string of the molecule is CC(=O)CCCCC[C@@H](C(=O)NCCc1c(-c2ccccc2)[nH]c2ccccc12)N1C=CNC1. The molecule has 0 spiro atoms. The fourth-order valence-corrected chi connectivity index (χ4v) is 4.65. The number of para-hydroxylation sites is 1. The van der Waals surface area contributed by atoms with Gasteiger partial charge in [-0.1, -0.05) is 61.4 Å². The van der Waals surface area contributed by atoms with Gasteiger partial charge in [-0.05, 0) is 43.4 Å². The van der Waals surface area contributed by atoms with Crippen LogP contribution in [0.25, 0.3) is 22.2 Å². The zero-order valence-corrected chi connectivity index (χ0v) is 19.8. The molecule has 1 aromatic heterocycles. The highest BCUT2D eigenvalue weighted by molar-refractivity contribution is 5.91. The second kappa shape index (κ2) is 11.5. The topological polar surface area (TPSA) is 77.2 Å².